The number of unbranched alkanes of at least 4 members (excludes halogenated alkanes) is 1. The van der Waals surface area contributed by atoms with E-state index in [2.05, 4.69) is 13.5 Å². The van der Waals surface area contributed by atoms with E-state index >= 15 is 0 Å². The van der Waals surface area contributed by atoms with Crippen molar-refractivity contribution in [2.45, 2.75) is 39.2 Å². The minimum absolute atomic E-state index is 0.0608. The Labute approximate surface area is 155 Å². The lowest BCUT2D eigenvalue weighted by atomic mass is 9.75. The van der Waals surface area contributed by atoms with Crippen LogP contribution in [0.1, 0.15) is 58.5 Å². The molecule has 1 unspecified atom stereocenters. The van der Waals surface area contributed by atoms with Crippen LogP contribution in [0.25, 0.3) is 5.57 Å². The number of hydrogen-bond acceptors (Lipinski definition) is 2. The Morgan fingerprint density at radius 3 is 2.27 bits per heavy atom. The molecule has 0 aliphatic carbocycles. The molecule has 0 N–H and O–H groups in total. The third kappa shape index (κ3) is 2.78. The second-order valence-electron chi connectivity index (χ2n) is 7.10. The van der Waals surface area contributed by atoms with Crippen molar-refractivity contribution in [2.24, 2.45) is 0 Å². The highest BCUT2D eigenvalue weighted by Crippen LogP contribution is 2.39. The molecule has 0 fully saturated rings. The first kappa shape index (κ1) is 18.1. The van der Waals surface area contributed by atoms with Crippen LogP contribution in [-0.4, -0.2) is 28.7 Å². The van der Waals surface area contributed by atoms with Gasteiger partial charge in [0.1, 0.15) is 5.54 Å². The van der Waals surface area contributed by atoms with Crippen molar-refractivity contribution in [3.05, 3.63) is 77.4 Å². The van der Waals surface area contributed by atoms with Crippen LogP contribution >= 0.6 is 0 Å². The van der Waals surface area contributed by atoms with Gasteiger partial charge in [0.2, 0.25) is 0 Å². The molecule has 0 bridgehead atoms. The van der Waals surface area contributed by atoms with Gasteiger partial charge in [-0.05, 0) is 37.5 Å². The van der Waals surface area contributed by atoms with Gasteiger partial charge in [0.15, 0.2) is 5.78 Å². The lowest BCUT2D eigenvalue weighted by Crippen LogP contribution is -2.59. The van der Waals surface area contributed by atoms with Gasteiger partial charge in [0.25, 0.3) is 5.91 Å². The van der Waals surface area contributed by atoms with Crippen LogP contribution in [0, 0.1) is 6.92 Å². The SMILES string of the molecule is C=C(c1ccc(C)cc1)C1(C)C(=O)c2ccccc2C(=O)N1CCCC. The molecule has 3 rings (SSSR count). The van der Waals surface area contributed by atoms with E-state index in [1.54, 1.807) is 29.2 Å². The predicted octanol–water partition coefficient (Wildman–Crippen LogP) is 4.91. The largest absolute Gasteiger partial charge is 0.322 e. The number of carbonyl (C=O) groups excluding carboxylic acids is 2. The van der Waals surface area contributed by atoms with Crippen LogP contribution in [0.15, 0.2) is 55.1 Å². The summed E-state index contributed by atoms with van der Waals surface area (Å²) in [5.74, 6) is -0.154. The number of aryl methyl sites for hydroxylation is 1. The molecule has 134 valence electrons. The van der Waals surface area contributed by atoms with Crippen molar-refractivity contribution in [3.8, 4) is 0 Å². The average molecular weight is 347 g/mol. The number of ketones is 1. The molecule has 0 spiro atoms. The molecular weight excluding hydrogens is 322 g/mol. The van der Waals surface area contributed by atoms with Crippen LogP contribution in [-0.2, 0) is 0 Å². The van der Waals surface area contributed by atoms with Gasteiger partial charge >= 0.3 is 0 Å². The maximum absolute atomic E-state index is 13.5. The predicted molar refractivity (Wildman–Crippen MR) is 105 cm³/mol. The van der Waals surface area contributed by atoms with Gasteiger partial charge in [0, 0.05) is 12.1 Å². The van der Waals surface area contributed by atoms with Crippen molar-refractivity contribution >= 4 is 17.3 Å². The Balaban J connectivity index is 2.14. The lowest BCUT2D eigenvalue weighted by Gasteiger charge is -2.45. The molecule has 1 atom stereocenters. The molecule has 2 aromatic rings. The van der Waals surface area contributed by atoms with E-state index in [-0.39, 0.29) is 11.7 Å². The number of rotatable bonds is 5. The molecule has 1 amide bonds. The van der Waals surface area contributed by atoms with Crippen molar-refractivity contribution in [1.82, 2.24) is 4.90 Å². The Kier molecular flexibility index (Phi) is 4.82. The molecular formula is C23H25NO2. The van der Waals surface area contributed by atoms with Gasteiger partial charge in [0.05, 0.1) is 5.56 Å². The van der Waals surface area contributed by atoms with Crippen molar-refractivity contribution in [1.29, 1.82) is 0 Å². The van der Waals surface area contributed by atoms with E-state index in [0.29, 0.717) is 23.2 Å². The molecule has 3 heteroatoms. The van der Waals surface area contributed by atoms with Gasteiger partial charge in [-0.25, -0.2) is 0 Å². The number of carbonyl (C=O) groups is 2. The van der Waals surface area contributed by atoms with Crippen LogP contribution in [0.2, 0.25) is 0 Å². The van der Waals surface area contributed by atoms with Gasteiger partial charge in [-0.15, -0.1) is 0 Å². The Morgan fingerprint density at radius 1 is 1.04 bits per heavy atom. The number of Topliss-reactive ketones (excluding diaryl/α,β-unsaturated/α-hetero) is 1. The quantitative estimate of drug-likeness (QED) is 0.771. The Morgan fingerprint density at radius 2 is 1.65 bits per heavy atom. The molecule has 0 saturated heterocycles. The third-order valence-electron chi connectivity index (χ3n) is 5.35. The van der Waals surface area contributed by atoms with Gasteiger partial charge in [-0.1, -0.05) is 68.0 Å². The Bertz CT molecular complexity index is 866. The lowest BCUT2D eigenvalue weighted by molar-refractivity contribution is 0.0503. The molecule has 1 aliphatic rings. The van der Waals surface area contributed by atoms with Crippen LogP contribution < -0.4 is 0 Å². The van der Waals surface area contributed by atoms with Crippen LogP contribution in [0.3, 0.4) is 0 Å². The second kappa shape index (κ2) is 6.91. The molecule has 0 radical (unpaired) electrons. The normalized spacial score (nSPS) is 19.4. The average Bonchev–Trinajstić information content (AvgIpc) is 2.66. The van der Waals surface area contributed by atoms with E-state index in [9.17, 15) is 9.59 Å². The first-order valence-electron chi connectivity index (χ1n) is 9.13. The number of benzene rings is 2. The van der Waals surface area contributed by atoms with Gasteiger partial charge < -0.3 is 4.90 Å². The summed E-state index contributed by atoms with van der Waals surface area (Å²) in [4.78, 5) is 28.4. The first-order valence-corrected chi connectivity index (χ1v) is 9.13. The monoisotopic (exact) mass is 347 g/mol. The number of fused-ring (bicyclic) bond motifs is 1. The highest BCUT2D eigenvalue weighted by molar-refractivity contribution is 6.21. The smallest absolute Gasteiger partial charge is 0.255 e. The fourth-order valence-electron chi connectivity index (χ4n) is 3.58. The minimum atomic E-state index is -1.07. The van der Waals surface area contributed by atoms with E-state index < -0.39 is 5.54 Å². The first-order chi connectivity index (χ1) is 12.4. The highest BCUT2D eigenvalue weighted by Gasteiger charge is 2.49. The van der Waals surface area contributed by atoms with E-state index in [0.717, 1.165) is 24.0 Å². The molecule has 0 saturated carbocycles. The summed E-state index contributed by atoms with van der Waals surface area (Å²) in [6.07, 6.45) is 1.80. The van der Waals surface area contributed by atoms with Crippen molar-refractivity contribution in [3.63, 3.8) is 0 Å². The minimum Gasteiger partial charge on any atom is -0.322 e. The van der Waals surface area contributed by atoms with Crippen LogP contribution in [0.4, 0.5) is 0 Å². The van der Waals surface area contributed by atoms with Gasteiger partial charge in [-0.2, -0.15) is 0 Å². The standard InChI is InChI=1S/C23H25NO2/c1-5-6-15-24-22(26)20-10-8-7-9-19(20)21(25)23(24,4)17(3)18-13-11-16(2)12-14-18/h7-14H,3,5-6,15H2,1-2,4H3. The van der Waals surface area contributed by atoms with Crippen LogP contribution in [0.5, 0.6) is 0 Å². The van der Waals surface area contributed by atoms with E-state index in [1.807, 2.05) is 38.1 Å². The summed E-state index contributed by atoms with van der Waals surface area (Å²) in [6, 6.07) is 15.0. The number of hydrogen-bond donors (Lipinski definition) is 0. The van der Waals surface area contributed by atoms with E-state index in [4.69, 9.17) is 0 Å². The highest BCUT2D eigenvalue weighted by atomic mass is 16.2. The molecule has 2 aromatic carbocycles. The summed E-state index contributed by atoms with van der Waals surface area (Å²) in [6.45, 7) is 10.7. The zero-order valence-corrected chi connectivity index (χ0v) is 15.7. The Hall–Kier alpha value is -2.68. The summed E-state index contributed by atoms with van der Waals surface area (Å²) in [5, 5.41) is 0. The number of amides is 1. The summed E-state index contributed by atoms with van der Waals surface area (Å²) in [5.41, 5.74) is 2.60. The van der Waals surface area contributed by atoms with Gasteiger partial charge in [-0.3, -0.25) is 9.59 Å². The zero-order chi connectivity index (χ0) is 18.9. The summed E-state index contributed by atoms with van der Waals surface area (Å²) in [7, 11) is 0. The fourth-order valence-corrected chi connectivity index (χ4v) is 3.58. The zero-order valence-electron chi connectivity index (χ0n) is 15.7. The summed E-state index contributed by atoms with van der Waals surface area (Å²) >= 11 is 0. The van der Waals surface area contributed by atoms with E-state index in [1.165, 1.54) is 0 Å². The topological polar surface area (TPSA) is 37.4 Å². The fraction of sp³-hybridized carbons (Fsp3) is 0.304. The second-order valence-corrected chi connectivity index (χ2v) is 7.10. The van der Waals surface area contributed by atoms with Crippen molar-refractivity contribution < 1.29 is 9.59 Å². The molecule has 26 heavy (non-hydrogen) atoms. The molecule has 3 nitrogen and oxygen atoms in total. The molecule has 0 aromatic heterocycles. The maximum Gasteiger partial charge on any atom is 0.255 e. The summed E-state index contributed by atoms with van der Waals surface area (Å²) < 4.78 is 0. The maximum atomic E-state index is 13.5. The molecule has 1 aliphatic heterocycles. The molecule has 1 heterocycles. The van der Waals surface area contributed by atoms with Crippen molar-refractivity contribution in [2.75, 3.05) is 6.54 Å². The third-order valence-corrected chi connectivity index (χ3v) is 5.35. The number of nitrogens with zero attached hydrogens (tertiary/aromatic N) is 1.